The van der Waals surface area contributed by atoms with Crippen LogP contribution in [-0.2, 0) is 11.3 Å². The summed E-state index contributed by atoms with van der Waals surface area (Å²) in [6.07, 6.45) is 0. The van der Waals surface area contributed by atoms with Crippen molar-refractivity contribution >= 4 is 28.3 Å². The van der Waals surface area contributed by atoms with Crippen molar-refractivity contribution in [3.8, 4) is 5.75 Å². The maximum Gasteiger partial charge on any atom is 0.227 e. The van der Waals surface area contributed by atoms with Crippen LogP contribution in [0.4, 0.5) is 0 Å². The van der Waals surface area contributed by atoms with Gasteiger partial charge in [0.15, 0.2) is 0 Å². The van der Waals surface area contributed by atoms with E-state index in [1.165, 1.54) is 0 Å². The van der Waals surface area contributed by atoms with Gasteiger partial charge in [-0.15, -0.1) is 0 Å². The van der Waals surface area contributed by atoms with Crippen LogP contribution in [-0.4, -0.2) is 13.0 Å². The molecule has 0 spiro atoms. The molecule has 1 amide bonds. The van der Waals surface area contributed by atoms with E-state index < -0.39 is 0 Å². The maximum atomic E-state index is 12.5. The van der Waals surface area contributed by atoms with Crippen molar-refractivity contribution in [1.29, 1.82) is 0 Å². The molecule has 0 aliphatic carbocycles. The van der Waals surface area contributed by atoms with Crippen LogP contribution < -0.4 is 10.1 Å². The van der Waals surface area contributed by atoms with Crippen LogP contribution in [0.5, 0.6) is 5.75 Å². The number of rotatable bonds is 5. The number of halogens is 1. The molecule has 0 saturated heterocycles. The molecule has 4 heteroatoms. The molecule has 0 aromatic heterocycles. The molecule has 0 bridgehead atoms. The second-order valence-corrected chi connectivity index (χ2v) is 6.41. The Bertz CT molecular complexity index is 907. The summed E-state index contributed by atoms with van der Waals surface area (Å²) >= 11 is 6.13. The van der Waals surface area contributed by atoms with E-state index in [9.17, 15) is 4.79 Å². The number of amides is 1. The molecule has 0 aliphatic heterocycles. The summed E-state index contributed by atoms with van der Waals surface area (Å²) in [4.78, 5) is 12.5. The summed E-state index contributed by atoms with van der Waals surface area (Å²) in [6, 6.07) is 19.5. The van der Waals surface area contributed by atoms with E-state index in [-0.39, 0.29) is 11.8 Å². The van der Waals surface area contributed by atoms with Gasteiger partial charge in [-0.1, -0.05) is 54.1 Å². The highest BCUT2D eigenvalue weighted by Crippen LogP contribution is 2.25. The fraction of sp³-hybridized carbons (Fsp3) is 0.190. The molecule has 3 aromatic carbocycles. The monoisotopic (exact) mass is 353 g/mol. The predicted molar refractivity (Wildman–Crippen MR) is 102 cm³/mol. The van der Waals surface area contributed by atoms with Crippen LogP contribution in [0.3, 0.4) is 0 Å². The third-order valence-corrected chi connectivity index (χ3v) is 4.74. The van der Waals surface area contributed by atoms with E-state index >= 15 is 0 Å². The minimum absolute atomic E-state index is 0.0206. The molecule has 25 heavy (non-hydrogen) atoms. The lowest BCUT2D eigenvalue weighted by Gasteiger charge is -2.14. The summed E-state index contributed by atoms with van der Waals surface area (Å²) in [5.74, 6) is 0.563. The first-order chi connectivity index (χ1) is 12.1. The number of fused-ring (bicyclic) bond motifs is 1. The number of carbonyl (C=O) groups is 1. The van der Waals surface area contributed by atoms with Gasteiger partial charge in [-0.25, -0.2) is 0 Å². The van der Waals surface area contributed by atoms with E-state index in [0.717, 1.165) is 27.6 Å². The lowest BCUT2D eigenvalue weighted by molar-refractivity contribution is -0.122. The van der Waals surface area contributed by atoms with Gasteiger partial charge in [0.05, 0.1) is 13.0 Å². The molecule has 3 aromatic rings. The summed E-state index contributed by atoms with van der Waals surface area (Å²) in [7, 11) is 1.65. The lowest BCUT2D eigenvalue weighted by atomic mass is 9.97. The third-order valence-electron chi connectivity index (χ3n) is 4.38. The minimum atomic E-state index is -0.242. The predicted octanol–water partition coefficient (Wildman–Crippen LogP) is 4.92. The molecule has 0 heterocycles. The van der Waals surface area contributed by atoms with Crippen molar-refractivity contribution in [2.45, 2.75) is 19.4 Å². The molecule has 0 aliphatic rings. The Morgan fingerprint density at radius 1 is 1.08 bits per heavy atom. The molecular weight excluding hydrogens is 334 g/mol. The highest BCUT2D eigenvalue weighted by atomic mass is 35.5. The van der Waals surface area contributed by atoms with Crippen molar-refractivity contribution in [3.05, 3.63) is 76.8 Å². The molecule has 1 unspecified atom stereocenters. The molecule has 0 fully saturated rings. The minimum Gasteiger partial charge on any atom is -0.497 e. The normalized spacial score (nSPS) is 12.0. The molecule has 0 saturated carbocycles. The van der Waals surface area contributed by atoms with Gasteiger partial charge < -0.3 is 10.1 Å². The summed E-state index contributed by atoms with van der Waals surface area (Å²) in [5.41, 5.74) is 1.89. The highest BCUT2D eigenvalue weighted by Gasteiger charge is 2.15. The zero-order valence-corrected chi connectivity index (χ0v) is 15.0. The summed E-state index contributed by atoms with van der Waals surface area (Å²) in [5, 5.41) is 5.80. The summed E-state index contributed by atoms with van der Waals surface area (Å²) < 4.78 is 5.25. The van der Waals surface area contributed by atoms with E-state index in [4.69, 9.17) is 16.3 Å². The van der Waals surface area contributed by atoms with Crippen LogP contribution >= 0.6 is 11.6 Å². The van der Waals surface area contributed by atoms with Crippen molar-refractivity contribution in [2.24, 2.45) is 0 Å². The van der Waals surface area contributed by atoms with Gasteiger partial charge in [0.2, 0.25) is 5.91 Å². The zero-order valence-electron chi connectivity index (χ0n) is 14.3. The Morgan fingerprint density at radius 3 is 2.56 bits per heavy atom. The van der Waals surface area contributed by atoms with Gasteiger partial charge in [0.1, 0.15) is 5.75 Å². The molecule has 128 valence electrons. The number of methoxy groups -OCH3 is 1. The SMILES string of the molecule is COc1ccc2cc(C(C)C(=O)NCc3ccccc3Cl)ccc2c1. The van der Waals surface area contributed by atoms with Crippen molar-refractivity contribution in [3.63, 3.8) is 0 Å². The van der Waals surface area contributed by atoms with Crippen molar-refractivity contribution < 1.29 is 9.53 Å². The van der Waals surface area contributed by atoms with Crippen molar-refractivity contribution in [2.75, 3.05) is 7.11 Å². The number of hydrogen-bond donors (Lipinski definition) is 1. The Hall–Kier alpha value is -2.52. The average molecular weight is 354 g/mol. The number of benzene rings is 3. The Morgan fingerprint density at radius 2 is 1.80 bits per heavy atom. The molecule has 3 rings (SSSR count). The van der Waals surface area contributed by atoms with E-state index in [0.29, 0.717) is 11.6 Å². The van der Waals surface area contributed by atoms with Gasteiger partial charge in [-0.05, 0) is 47.0 Å². The fourth-order valence-corrected chi connectivity index (χ4v) is 2.97. The number of nitrogens with one attached hydrogen (secondary N) is 1. The second-order valence-electron chi connectivity index (χ2n) is 6.00. The molecular formula is C21H20ClNO2. The van der Waals surface area contributed by atoms with Gasteiger partial charge in [-0.3, -0.25) is 4.79 Å². The van der Waals surface area contributed by atoms with Crippen molar-refractivity contribution in [1.82, 2.24) is 5.32 Å². The van der Waals surface area contributed by atoms with Crippen LogP contribution in [0, 0.1) is 0 Å². The van der Waals surface area contributed by atoms with Gasteiger partial charge in [-0.2, -0.15) is 0 Å². The fourth-order valence-electron chi connectivity index (χ4n) is 2.77. The largest absolute Gasteiger partial charge is 0.497 e. The Kier molecular flexibility index (Phi) is 5.25. The first-order valence-corrected chi connectivity index (χ1v) is 8.55. The van der Waals surface area contributed by atoms with Gasteiger partial charge >= 0.3 is 0 Å². The molecule has 1 atom stereocenters. The van der Waals surface area contributed by atoms with Gasteiger partial charge in [0.25, 0.3) is 0 Å². The van der Waals surface area contributed by atoms with Crippen LogP contribution in [0.1, 0.15) is 24.0 Å². The second kappa shape index (κ2) is 7.58. The third kappa shape index (κ3) is 3.94. The lowest BCUT2D eigenvalue weighted by Crippen LogP contribution is -2.27. The van der Waals surface area contributed by atoms with E-state index in [1.54, 1.807) is 7.11 Å². The van der Waals surface area contributed by atoms with E-state index in [1.807, 2.05) is 61.5 Å². The number of hydrogen-bond acceptors (Lipinski definition) is 2. The zero-order chi connectivity index (χ0) is 17.8. The first-order valence-electron chi connectivity index (χ1n) is 8.17. The van der Waals surface area contributed by atoms with E-state index in [2.05, 4.69) is 11.4 Å². The first kappa shape index (κ1) is 17.3. The standard InChI is InChI=1S/C21H20ClNO2/c1-14(21(24)23-13-18-5-3-4-6-20(18)22)15-7-8-17-12-19(25-2)10-9-16(17)11-15/h3-12,14H,13H2,1-2H3,(H,23,24). The topological polar surface area (TPSA) is 38.3 Å². The van der Waals surface area contributed by atoms with Crippen LogP contribution in [0.25, 0.3) is 10.8 Å². The van der Waals surface area contributed by atoms with Gasteiger partial charge in [0, 0.05) is 11.6 Å². The number of ether oxygens (including phenoxy) is 1. The quantitative estimate of drug-likeness (QED) is 0.706. The molecule has 3 nitrogen and oxygen atoms in total. The average Bonchev–Trinajstić information content (AvgIpc) is 2.65. The maximum absolute atomic E-state index is 12.5. The molecule has 1 N–H and O–H groups in total. The Balaban J connectivity index is 1.73. The smallest absolute Gasteiger partial charge is 0.227 e. The van der Waals surface area contributed by atoms with Crippen LogP contribution in [0.15, 0.2) is 60.7 Å². The Labute approximate surface area is 152 Å². The molecule has 0 radical (unpaired) electrons. The summed E-state index contributed by atoms with van der Waals surface area (Å²) in [6.45, 7) is 2.33. The van der Waals surface area contributed by atoms with Crippen LogP contribution in [0.2, 0.25) is 5.02 Å². The highest BCUT2D eigenvalue weighted by molar-refractivity contribution is 6.31. The number of carbonyl (C=O) groups excluding carboxylic acids is 1.